The number of hydrogen-bond acceptors (Lipinski definition) is 6. The average Bonchev–Trinajstić information content (AvgIpc) is 3.18. The van der Waals surface area contributed by atoms with Crippen molar-refractivity contribution in [1.82, 2.24) is 25.5 Å². The Morgan fingerprint density at radius 3 is 2.48 bits per heavy atom. The van der Waals surface area contributed by atoms with Crippen molar-refractivity contribution in [3.63, 3.8) is 0 Å². The van der Waals surface area contributed by atoms with E-state index in [2.05, 4.69) is 20.8 Å². The SMILES string of the molecule is CCC(NC(=O)OCc1c(Cl)cccc1Cl)C(=O)Cn1nnnc1Cc1ccccc1. The lowest BCUT2D eigenvalue weighted by Crippen LogP contribution is -2.42. The molecule has 1 heterocycles. The summed E-state index contributed by atoms with van der Waals surface area (Å²) in [6, 6.07) is 13.9. The summed E-state index contributed by atoms with van der Waals surface area (Å²) in [7, 11) is 0. The summed E-state index contributed by atoms with van der Waals surface area (Å²) in [6.07, 6.45) is 0.139. The molecule has 10 heteroatoms. The lowest BCUT2D eigenvalue weighted by atomic mass is 10.1. The fourth-order valence-corrected chi connectivity index (χ4v) is 3.42. The first-order valence-corrected chi connectivity index (χ1v) is 10.4. The van der Waals surface area contributed by atoms with E-state index in [0.717, 1.165) is 5.56 Å². The van der Waals surface area contributed by atoms with Crippen molar-refractivity contribution in [2.24, 2.45) is 0 Å². The van der Waals surface area contributed by atoms with Gasteiger partial charge in [0.05, 0.1) is 6.04 Å². The zero-order valence-electron chi connectivity index (χ0n) is 16.8. The molecule has 0 aliphatic carbocycles. The van der Waals surface area contributed by atoms with E-state index in [1.807, 2.05) is 30.3 Å². The lowest BCUT2D eigenvalue weighted by Gasteiger charge is -2.16. The summed E-state index contributed by atoms with van der Waals surface area (Å²) in [4.78, 5) is 24.9. The van der Waals surface area contributed by atoms with Crippen LogP contribution in [0.4, 0.5) is 4.79 Å². The Balaban J connectivity index is 1.57. The van der Waals surface area contributed by atoms with Gasteiger partial charge in [-0.05, 0) is 34.5 Å². The Kier molecular flexibility index (Phi) is 7.97. The standard InChI is InChI=1S/C21H21Cl2N5O3/c1-2-18(24-21(30)31-13-15-16(22)9-6-10-17(15)23)19(29)12-28-20(25-26-27-28)11-14-7-4-3-5-8-14/h3-10,18H,2,11-13H2,1H3,(H,24,30). The molecule has 3 aromatic rings. The lowest BCUT2D eigenvalue weighted by molar-refractivity contribution is -0.121. The molecule has 0 radical (unpaired) electrons. The molecule has 0 fully saturated rings. The molecule has 31 heavy (non-hydrogen) atoms. The smallest absolute Gasteiger partial charge is 0.408 e. The highest BCUT2D eigenvalue weighted by Gasteiger charge is 2.22. The molecule has 162 valence electrons. The van der Waals surface area contributed by atoms with Crippen molar-refractivity contribution in [2.45, 2.75) is 39.0 Å². The fraction of sp³-hybridized carbons (Fsp3) is 0.286. The summed E-state index contributed by atoms with van der Waals surface area (Å²) < 4.78 is 6.63. The van der Waals surface area contributed by atoms with E-state index in [4.69, 9.17) is 27.9 Å². The first kappa shape index (κ1) is 22.7. The van der Waals surface area contributed by atoms with Gasteiger partial charge in [-0.15, -0.1) is 5.10 Å². The van der Waals surface area contributed by atoms with E-state index < -0.39 is 12.1 Å². The van der Waals surface area contributed by atoms with E-state index in [1.54, 1.807) is 25.1 Å². The zero-order valence-corrected chi connectivity index (χ0v) is 18.3. The molecule has 3 rings (SSSR count). The van der Waals surface area contributed by atoms with Crippen molar-refractivity contribution in [1.29, 1.82) is 0 Å². The van der Waals surface area contributed by atoms with E-state index in [0.29, 0.717) is 34.3 Å². The molecule has 0 saturated heterocycles. The maximum Gasteiger partial charge on any atom is 0.408 e. The third-order valence-electron chi connectivity index (χ3n) is 4.62. The van der Waals surface area contributed by atoms with Crippen LogP contribution in [-0.2, 0) is 29.1 Å². The molecular formula is C21H21Cl2N5O3. The molecule has 0 aliphatic heterocycles. The molecule has 0 spiro atoms. The Hall–Kier alpha value is -2.97. The minimum absolute atomic E-state index is 0.0652. The maximum absolute atomic E-state index is 12.7. The number of ether oxygens (including phenoxy) is 1. The first-order valence-electron chi connectivity index (χ1n) is 9.65. The summed E-state index contributed by atoms with van der Waals surface area (Å²) in [6.45, 7) is 1.62. The molecule has 1 unspecified atom stereocenters. The Bertz CT molecular complexity index is 1020. The van der Waals surface area contributed by atoms with Gasteiger partial charge in [-0.2, -0.15) is 0 Å². The number of Topliss-reactive ketones (excluding diaryl/α,β-unsaturated/α-hetero) is 1. The van der Waals surface area contributed by atoms with E-state index >= 15 is 0 Å². The third kappa shape index (κ3) is 6.26. The zero-order chi connectivity index (χ0) is 22.2. The third-order valence-corrected chi connectivity index (χ3v) is 5.32. The number of ketones is 1. The van der Waals surface area contributed by atoms with Crippen LogP contribution in [0.3, 0.4) is 0 Å². The number of nitrogens with zero attached hydrogens (tertiary/aromatic N) is 4. The second kappa shape index (κ2) is 10.9. The quantitative estimate of drug-likeness (QED) is 0.519. The minimum atomic E-state index is -0.747. The van der Waals surface area contributed by atoms with Gasteiger partial charge in [-0.25, -0.2) is 9.48 Å². The molecule has 8 nitrogen and oxygen atoms in total. The topological polar surface area (TPSA) is 99.0 Å². The number of aromatic nitrogens is 4. The Morgan fingerprint density at radius 2 is 1.81 bits per heavy atom. The second-order valence-corrected chi connectivity index (χ2v) is 7.58. The highest BCUT2D eigenvalue weighted by Crippen LogP contribution is 2.24. The van der Waals surface area contributed by atoms with Crippen LogP contribution in [0, 0.1) is 0 Å². The van der Waals surface area contributed by atoms with Crippen LogP contribution in [0.15, 0.2) is 48.5 Å². The first-order chi connectivity index (χ1) is 15.0. The van der Waals surface area contributed by atoms with Crippen molar-refractivity contribution in [2.75, 3.05) is 0 Å². The number of tetrazole rings is 1. The van der Waals surface area contributed by atoms with Crippen LogP contribution in [0.1, 0.15) is 30.3 Å². The molecular weight excluding hydrogens is 441 g/mol. The molecule has 0 bridgehead atoms. The fourth-order valence-electron chi connectivity index (χ4n) is 2.91. The van der Waals surface area contributed by atoms with Crippen LogP contribution in [0.5, 0.6) is 0 Å². The summed E-state index contributed by atoms with van der Waals surface area (Å²) in [5, 5.41) is 14.9. The van der Waals surface area contributed by atoms with Gasteiger partial charge in [-0.3, -0.25) is 4.79 Å². The van der Waals surface area contributed by atoms with E-state index in [-0.39, 0.29) is 18.9 Å². The molecule has 1 N–H and O–H groups in total. The molecule has 1 amide bonds. The average molecular weight is 462 g/mol. The minimum Gasteiger partial charge on any atom is -0.445 e. The van der Waals surface area contributed by atoms with Gasteiger partial charge < -0.3 is 10.1 Å². The van der Waals surface area contributed by atoms with Crippen molar-refractivity contribution in [3.8, 4) is 0 Å². The number of alkyl carbamates (subject to hydrolysis) is 1. The number of benzene rings is 2. The van der Waals surface area contributed by atoms with Gasteiger partial charge in [0.1, 0.15) is 13.2 Å². The van der Waals surface area contributed by atoms with Crippen LogP contribution in [0.25, 0.3) is 0 Å². The maximum atomic E-state index is 12.7. The number of rotatable bonds is 9. The molecule has 2 aromatic carbocycles. The van der Waals surface area contributed by atoms with Gasteiger partial charge in [0, 0.05) is 22.0 Å². The Morgan fingerprint density at radius 1 is 1.10 bits per heavy atom. The van der Waals surface area contributed by atoms with Gasteiger partial charge in [-0.1, -0.05) is 66.5 Å². The summed E-state index contributed by atoms with van der Waals surface area (Å²) >= 11 is 12.2. The molecule has 1 aromatic heterocycles. The predicted octanol–water partition coefficient (Wildman–Crippen LogP) is 3.84. The number of carbonyl (C=O) groups excluding carboxylic acids is 2. The van der Waals surface area contributed by atoms with Crippen LogP contribution < -0.4 is 5.32 Å². The number of amides is 1. The number of hydrogen-bond donors (Lipinski definition) is 1. The summed E-state index contributed by atoms with van der Waals surface area (Å²) in [5.74, 6) is 0.321. The highest BCUT2D eigenvalue weighted by atomic mass is 35.5. The number of carbonyl (C=O) groups is 2. The van der Waals surface area contributed by atoms with E-state index in [1.165, 1.54) is 4.68 Å². The normalized spacial score (nSPS) is 11.7. The number of halogens is 2. The monoisotopic (exact) mass is 461 g/mol. The number of nitrogens with one attached hydrogen (secondary N) is 1. The predicted molar refractivity (Wildman–Crippen MR) is 116 cm³/mol. The highest BCUT2D eigenvalue weighted by molar-refractivity contribution is 6.35. The van der Waals surface area contributed by atoms with Crippen molar-refractivity contribution >= 4 is 35.1 Å². The van der Waals surface area contributed by atoms with E-state index in [9.17, 15) is 9.59 Å². The molecule has 0 saturated carbocycles. The molecule has 0 aliphatic rings. The van der Waals surface area contributed by atoms with Gasteiger partial charge in [0.15, 0.2) is 11.6 Å². The van der Waals surface area contributed by atoms with Crippen molar-refractivity contribution in [3.05, 3.63) is 75.5 Å². The van der Waals surface area contributed by atoms with Gasteiger partial charge >= 0.3 is 6.09 Å². The van der Waals surface area contributed by atoms with Crippen LogP contribution in [-0.4, -0.2) is 38.1 Å². The largest absolute Gasteiger partial charge is 0.445 e. The Labute approximate surface area is 189 Å². The van der Waals surface area contributed by atoms with Gasteiger partial charge in [0.25, 0.3) is 0 Å². The van der Waals surface area contributed by atoms with Crippen LogP contribution in [0.2, 0.25) is 10.0 Å². The van der Waals surface area contributed by atoms with Crippen LogP contribution >= 0.6 is 23.2 Å². The van der Waals surface area contributed by atoms with Crippen molar-refractivity contribution < 1.29 is 14.3 Å². The second-order valence-electron chi connectivity index (χ2n) is 6.76. The molecule has 1 atom stereocenters. The summed E-state index contributed by atoms with van der Waals surface area (Å²) in [5.41, 5.74) is 1.53. The van der Waals surface area contributed by atoms with Gasteiger partial charge in [0.2, 0.25) is 0 Å².